The average Bonchev–Trinajstić information content (AvgIpc) is 3.44. The molecule has 4 aromatic rings. The van der Waals surface area contributed by atoms with E-state index in [2.05, 4.69) is 15.5 Å². The Bertz CT molecular complexity index is 996. The number of hydrogen-bond donors (Lipinski definition) is 1. The fourth-order valence-electron chi connectivity index (χ4n) is 2.53. The zero-order chi connectivity index (χ0) is 18.5. The van der Waals surface area contributed by atoms with E-state index in [1.54, 1.807) is 17.6 Å². The van der Waals surface area contributed by atoms with Crippen molar-refractivity contribution in [1.82, 2.24) is 14.8 Å². The molecular formula is C19H16N4O2S2. The number of para-hydroxylation sites is 1. The molecule has 1 N–H and O–H groups in total. The highest BCUT2D eigenvalue weighted by Gasteiger charge is 2.17. The van der Waals surface area contributed by atoms with Crippen molar-refractivity contribution in [1.29, 1.82) is 0 Å². The second-order valence-electron chi connectivity index (χ2n) is 5.65. The fourth-order valence-corrected chi connectivity index (χ4v) is 3.99. The Morgan fingerprint density at radius 3 is 2.74 bits per heavy atom. The number of thiophene rings is 1. The van der Waals surface area contributed by atoms with Gasteiger partial charge in [-0.15, -0.1) is 21.5 Å². The number of benzene rings is 1. The summed E-state index contributed by atoms with van der Waals surface area (Å²) >= 11 is 2.95. The normalized spacial score (nSPS) is 10.8. The summed E-state index contributed by atoms with van der Waals surface area (Å²) in [7, 11) is 0. The van der Waals surface area contributed by atoms with Crippen molar-refractivity contribution < 1.29 is 9.21 Å². The van der Waals surface area contributed by atoms with Crippen LogP contribution in [0.3, 0.4) is 0 Å². The minimum absolute atomic E-state index is 0.0866. The van der Waals surface area contributed by atoms with Crippen LogP contribution in [0.15, 0.2) is 75.8 Å². The van der Waals surface area contributed by atoms with Gasteiger partial charge >= 0.3 is 0 Å². The molecule has 3 heterocycles. The number of anilines is 1. The summed E-state index contributed by atoms with van der Waals surface area (Å²) in [6.07, 6.45) is 1.64. The molecule has 1 amide bonds. The van der Waals surface area contributed by atoms with E-state index in [1.165, 1.54) is 11.8 Å². The first-order valence-electron chi connectivity index (χ1n) is 8.27. The Morgan fingerprint density at radius 1 is 1.11 bits per heavy atom. The number of thioether (sulfide) groups is 1. The van der Waals surface area contributed by atoms with Gasteiger partial charge in [-0.05, 0) is 35.7 Å². The lowest BCUT2D eigenvalue weighted by molar-refractivity contribution is -0.113. The maximum Gasteiger partial charge on any atom is 0.234 e. The van der Waals surface area contributed by atoms with Gasteiger partial charge in [-0.1, -0.05) is 36.0 Å². The Labute approximate surface area is 164 Å². The topological polar surface area (TPSA) is 73.0 Å². The van der Waals surface area contributed by atoms with Crippen LogP contribution in [0.1, 0.15) is 5.76 Å². The first kappa shape index (κ1) is 17.6. The van der Waals surface area contributed by atoms with E-state index < -0.39 is 0 Å². The predicted molar refractivity (Wildman–Crippen MR) is 107 cm³/mol. The van der Waals surface area contributed by atoms with Crippen molar-refractivity contribution in [2.45, 2.75) is 11.7 Å². The summed E-state index contributed by atoms with van der Waals surface area (Å²) in [6, 6.07) is 17.1. The molecule has 6 nitrogen and oxygen atoms in total. The molecule has 0 spiro atoms. The molecule has 8 heteroatoms. The van der Waals surface area contributed by atoms with Crippen molar-refractivity contribution in [2.24, 2.45) is 0 Å². The maximum atomic E-state index is 12.2. The van der Waals surface area contributed by atoms with Crippen LogP contribution in [-0.4, -0.2) is 26.4 Å². The minimum Gasteiger partial charge on any atom is -0.467 e. The predicted octanol–water partition coefficient (Wildman–Crippen LogP) is 4.38. The standard InChI is InChI=1S/C19H16N4O2S2/c24-17(20-14-6-2-1-3-7-14)13-27-19-22-21-18(16-9-5-11-26-16)23(19)12-15-8-4-10-25-15/h1-11H,12-13H2,(H,20,24). The number of nitrogens with zero attached hydrogens (tertiary/aromatic N) is 3. The molecule has 136 valence electrons. The molecule has 0 aliphatic carbocycles. The Hall–Kier alpha value is -2.84. The first-order chi connectivity index (χ1) is 13.3. The lowest BCUT2D eigenvalue weighted by atomic mass is 10.3. The summed E-state index contributed by atoms with van der Waals surface area (Å²) in [6.45, 7) is 0.510. The lowest BCUT2D eigenvalue weighted by Gasteiger charge is -2.08. The third-order valence-electron chi connectivity index (χ3n) is 3.74. The van der Waals surface area contributed by atoms with E-state index in [1.807, 2.05) is 64.5 Å². The number of carbonyl (C=O) groups excluding carboxylic acids is 1. The molecule has 1 aromatic carbocycles. The van der Waals surface area contributed by atoms with Gasteiger partial charge < -0.3 is 9.73 Å². The van der Waals surface area contributed by atoms with E-state index in [4.69, 9.17) is 4.42 Å². The van der Waals surface area contributed by atoms with E-state index in [-0.39, 0.29) is 11.7 Å². The summed E-state index contributed by atoms with van der Waals surface area (Å²) in [4.78, 5) is 13.3. The zero-order valence-corrected chi connectivity index (χ0v) is 15.9. The highest BCUT2D eigenvalue weighted by atomic mass is 32.2. The number of aromatic nitrogens is 3. The van der Waals surface area contributed by atoms with E-state index in [0.717, 1.165) is 22.1 Å². The lowest BCUT2D eigenvalue weighted by Crippen LogP contribution is -2.14. The highest BCUT2D eigenvalue weighted by Crippen LogP contribution is 2.28. The number of nitrogens with one attached hydrogen (secondary N) is 1. The van der Waals surface area contributed by atoms with E-state index >= 15 is 0 Å². The van der Waals surface area contributed by atoms with Crippen LogP contribution in [0.4, 0.5) is 5.69 Å². The minimum atomic E-state index is -0.0866. The molecule has 0 bridgehead atoms. The van der Waals surface area contributed by atoms with Gasteiger partial charge in [0.2, 0.25) is 5.91 Å². The molecule has 0 fully saturated rings. The largest absolute Gasteiger partial charge is 0.467 e. The zero-order valence-electron chi connectivity index (χ0n) is 14.2. The van der Waals surface area contributed by atoms with Crippen molar-refractivity contribution in [3.05, 3.63) is 72.0 Å². The molecule has 0 radical (unpaired) electrons. The van der Waals surface area contributed by atoms with Gasteiger partial charge in [0, 0.05) is 5.69 Å². The third-order valence-corrected chi connectivity index (χ3v) is 5.57. The fraction of sp³-hybridized carbons (Fsp3) is 0.105. The summed E-state index contributed by atoms with van der Waals surface area (Å²) in [5, 5.41) is 14.2. The SMILES string of the molecule is O=C(CSc1nnc(-c2cccs2)n1Cc1ccco1)Nc1ccccc1. The van der Waals surface area contributed by atoms with Crippen LogP contribution in [0.5, 0.6) is 0 Å². The van der Waals surface area contributed by atoms with Crippen molar-refractivity contribution in [3.63, 3.8) is 0 Å². The van der Waals surface area contributed by atoms with Crippen molar-refractivity contribution in [2.75, 3.05) is 11.1 Å². The molecule has 0 unspecified atom stereocenters. The number of hydrogen-bond acceptors (Lipinski definition) is 6. The Morgan fingerprint density at radius 2 is 2.00 bits per heavy atom. The van der Waals surface area contributed by atoms with Gasteiger partial charge in [0.25, 0.3) is 0 Å². The molecule has 0 atom stereocenters. The molecule has 0 aliphatic rings. The summed E-state index contributed by atoms with van der Waals surface area (Å²) < 4.78 is 7.45. The maximum absolute atomic E-state index is 12.2. The Kier molecular flexibility index (Phi) is 5.36. The second-order valence-corrected chi connectivity index (χ2v) is 7.54. The van der Waals surface area contributed by atoms with Crippen molar-refractivity contribution >= 4 is 34.7 Å². The third kappa shape index (κ3) is 4.29. The molecule has 0 saturated heterocycles. The van der Waals surface area contributed by atoms with Crippen LogP contribution >= 0.6 is 23.1 Å². The number of amides is 1. The molecule has 3 aromatic heterocycles. The van der Waals surface area contributed by atoms with E-state index in [0.29, 0.717) is 11.7 Å². The monoisotopic (exact) mass is 396 g/mol. The van der Waals surface area contributed by atoms with Crippen molar-refractivity contribution in [3.8, 4) is 10.7 Å². The van der Waals surface area contributed by atoms with Gasteiger partial charge in [-0.25, -0.2) is 0 Å². The van der Waals surface area contributed by atoms with Gasteiger partial charge in [0.1, 0.15) is 5.76 Å². The molecule has 4 rings (SSSR count). The number of carbonyl (C=O) groups is 1. The quantitative estimate of drug-likeness (QED) is 0.469. The average molecular weight is 396 g/mol. The molecule has 0 saturated carbocycles. The number of rotatable bonds is 7. The summed E-state index contributed by atoms with van der Waals surface area (Å²) in [5.74, 6) is 1.74. The second kappa shape index (κ2) is 8.24. The van der Waals surface area contributed by atoms with Gasteiger partial charge in [-0.2, -0.15) is 0 Å². The Balaban J connectivity index is 1.51. The molecular weight excluding hydrogens is 380 g/mol. The van der Waals surface area contributed by atoms with E-state index in [9.17, 15) is 4.79 Å². The molecule has 0 aliphatic heterocycles. The van der Waals surface area contributed by atoms with Gasteiger partial charge in [0.15, 0.2) is 11.0 Å². The van der Waals surface area contributed by atoms with Crippen LogP contribution in [0, 0.1) is 0 Å². The molecule has 27 heavy (non-hydrogen) atoms. The van der Waals surface area contributed by atoms with Crippen LogP contribution in [0.25, 0.3) is 10.7 Å². The summed E-state index contributed by atoms with van der Waals surface area (Å²) in [5.41, 5.74) is 0.777. The van der Waals surface area contributed by atoms with Crippen LogP contribution in [0.2, 0.25) is 0 Å². The first-order valence-corrected chi connectivity index (χ1v) is 10.1. The van der Waals surface area contributed by atoms with Gasteiger partial charge in [-0.3, -0.25) is 9.36 Å². The van der Waals surface area contributed by atoms with Crippen LogP contribution < -0.4 is 5.32 Å². The van der Waals surface area contributed by atoms with Crippen LogP contribution in [-0.2, 0) is 11.3 Å². The van der Waals surface area contributed by atoms with Gasteiger partial charge in [0.05, 0.1) is 23.4 Å². The smallest absolute Gasteiger partial charge is 0.234 e. The number of furan rings is 1. The highest BCUT2D eigenvalue weighted by molar-refractivity contribution is 7.99.